The number of carbonyl (C=O) groups is 1. The standard InChI is InChI=1S/C12H20N2O/c1-8(2)11(7-13)12(15)14-9(3)10-5-4-6-10/h8-11H,4-6H2,1-3H3,(H,14,15). The van der Waals surface area contributed by atoms with E-state index in [0.29, 0.717) is 5.92 Å². The van der Waals surface area contributed by atoms with E-state index in [1.54, 1.807) is 0 Å². The molecular weight excluding hydrogens is 188 g/mol. The molecule has 0 aromatic heterocycles. The van der Waals surface area contributed by atoms with Crippen LogP contribution >= 0.6 is 0 Å². The summed E-state index contributed by atoms with van der Waals surface area (Å²) in [6.45, 7) is 5.85. The predicted molar refractivity (Wildman–Crippen MR) is 58.9 cm³/mol. The van der Waals surface area contributed by atoms with E-state index < -0.39 is 5.92 Å². The maximum Gasteiger partial charge on any atom is 0.237 e. The van der Waals surface area contributed by atoms with Crippen LogP contribution in [-0.4, -0.2) is 11.9 Å². The maximum absolute atomic E-state index is 11.7. The molecule has 1 aliphatic carbocycles. The average molecular weight is 208 g/mol. The Hall–Kier alpha value is -1.04. The van der Waals surface area contributed by atoms with Crippen LogP contribution in [0.15, 0.2) is 0 Å². The summed E-state index contributed by atoms with van der Waals surface area (Å²) in [4.78, 5) is 11.7. The molecule has 0 aromatic rings. The van der Waals surface area contributed by atoms with Crippen molar-refractivity contribution in [3.8, 4) is 6.07 Å². The van der Waals surface area contributed by atoms with E-state index in [1.807, 2.05) is 20.8 Å². The first-order valence-electron chi connectivity index (χ1n) is 5.76. The summed E-state index contributed by atoms with van der Waals surface area (Å²) in [5.74, 6) is 0.100. The zero-order valence-corrected chi connectivity index (χ0v) is 9.79. The molecule has 1 amide bonds. The molecule has 3 nitrogen and oxygen atoms in total. The van der Waals surface area contributed by atoms with Crippen molar-refractivity contribution in [3.63, 3.8) is 0 Å². The third-order valence-corrected chi connectivity index (χ3v) is 3.32. The van der Waals surface area contributed by atoms with Crippen molar-refractivity contribution in [2.75, 3.05) is 0 Å². The fraction of sp³-hybridized carbons (Fsp3) is 0.833. The normalized spacial score (nSPS) is 20.2. The Labute approximate surface area is 91.9 Å². The molecule has 0 radical (unpaired) electrons. The van der Waals surface area contributed by atoms with Crippen LogP contribution in [0, 0.1) is 29.1 Å². The summed E-state index contributed by atoms with van der Waals surface area (Å²) in [5.41, 5.74) is 0. The van der Waals surface area contributed by atoms with Gasteiger partial charge in [0.15, 0.2) is 0 Å². The Balaban J connectivity index is 2.43. The number of nitrogens with one attached hydrogen (secondary N) is 1. The van der Waals surface area contributed by atoms with Gasteiger partial charge in [-0.15, -0.1) is 0 Å². The quantitative estimate of drug-likeness (QED) is 0.769. The van der Waals surface area contributed by atoms with Gasteiger partial charge in [0.2, 0.25) is 5.91 Å². The molecule has 0 aliphatic heterocycles. The van der Waals surface area contributed by atoms with Crippen molar-refractivity contribution in [1.29, 1.82) is 5.26 Å². The largest absolute Gasteiger partial charge is 0.352 e. The van der Waals surface area contributed by atoms with E-state index in [-0.39, 0.29) is 17.9 Å². The van der Waals surface area contributed by atoms with E-state index in [1.165, 1.54) is 19.3 Å². The van der Waals surface area contributed by atoms with Crippen LogP contribution in [0.1, 0.15) is 40.0 Å². The Morgan fingerprint density at radius 2 is 2.00 bits per heavy atom. The molecule has 0 heterocycles. The van der Waals surface area contributed by atoms with Crippen LogP contribution in [0.4, 0.5) is 0 Å². The first-order chi connectivity index (χ1) is 7.06. The Morgan fingerprint density at radius 1 is 1.40 bits per heavy atom. The van der Waals surface area contributed by atoms with Crippen molar-refractivity contribution in [3.05, 3.63) is 0 Å². The third kappa shape index (κ3) is 2.95. The highest BCUT2D eigenvalue weighted by atomic mass is 16.1. The number of nitriles is 1. The number of amides is 1. The Bertz CT molecular complexity index is 263. The van der Waals surface area contributed by atoms with E-state index >= 15 is 0 Å². The van der Waals surface area contributed by atoms with Gasteiger partial charge in [0.1, 0.15) is 5.92 Å². The van der Waals surface area contributed by atoms with Crippen molar-refractivity contribution < 1.29 is 4.79 Å². The van der Waals surface area contributed by atoms with E-state index in [2.05, 4.69) is 11.4 Å². The van der Waals surface area contributed by atoms with E-state index in [9.17, 15) is 4.79 Å². The van der Waals surface area contributed by atoms with Gasteiger partial charge in [0.05, 0.1) is 6.07 Å². The van der Waals surface area contributed by atoms with Crippen LogP contribution < -0.4 is 5.32 Å². The fourth-order valence-corrected chi connectivity index (χ4v) is 1.88. The lowest BCUT2D eigenvalue weighted by Crippen LogP contribution is -2.44. The molecule has 2 unspecified atom stereocenters. The van der Waals surface area contributed by atoms with Crippen LogP contribution in [0.5, 0.6) is 0 Å². The number of hydrogen-bond donors (Lipinski definition) is 1. The molecule has 1 saturated carbocycles. The van der Waals surface area contributed by atoms with Crippen LogP contribution in [0.25, 0.3) is 0 Å². The highest BCUT2D eigenvalue weighted by Crippen LogP contribution is 2.29. The van der Waals surface area contributed by atoms with Gasteiger partial charge < -0.3 is 5.32 Å². The summed E-state index contributed by atoms with van der Waals surface area (Å²) >= 11 is 0. The lowest BCUT2D eigenvalue weighted by molar-refractivity contribution is -0.125. The van der Waals surface area contributed by atoms with Gasteiger partial charge in [0.25, 0.3) is 0 Å². The fourth-order valence-electron chi connectivity index (χ4n) is 1.88. The second-order valence-electron chi connectivity index (χ2n) is 4.84. The smallest absolute Gasteiger partial charge is 0.237 e. The Kier molecular flexibility index (Phi) is 4.14. The maximum atomic E-state index is 11.7. The van der Waals surface area contributed by atoms with Crippen molar-refractivity contribution in [2.24, 2.45) is 17.8 Å². The molecule has 0 saturated heterocycles. The molecule has 0 spiro atoms. The van der Waals surface area contributed by atoms with Gasteiger partial charge in [-0.1, -0.05) is 20.3 Å². The molecule has 0 bridgehead atoms. The minimum Gasteiger partial charge on any atom is -0.352 e. The molecule has 1 aliphatic rings. The van der Waals surface area contributed by atoms with E-state index in [4.69, 9.17) is 5.26 Å². The number of nitrogens with zero attached hydrogens (tertiary/aromatic N) is 1. The van der Waals surface area contributed by atoms with Crippen molar-refractivity contribution in [1.82, 2.24) is 5.32 Å². The first-order valence-corrected chi connectivity index (χ1v) is 5.76. The minimum atomic E-state index is -0.507. The van der Waals surface area contributed by atoms with Gasteiger partial charge in [-0.25, -0.2) is 0 Å². The zero-order chi connectivity index (χ0) is 11.4. The second-order valence-corrected chi connectivity index (χ2v) is 4.84. The third-order valence-electron chi connectivity index (χ3n) is 3.32. The summed E-state index contributed by atoms with van der Waals surface area (Å²) in [7, 11) is 0. The summed E-state index contributed by atoms with van der Waals surface area (Å²) < 4.78 is 0. The number of carbonyl (C=O) groups excluding carboxylic acids is 1. The molecule has 1 rings (SSSR count). The highest BCUT2D eigenvalue weighted by Gasteiger charge is 2.28. The molecule has 84 valence electrons. The van der Waals surface area contributed by atoms with E-state index in [0.717, 1.165) is 0 Å². The SMILES string of the molecule is CC(C)C(C#N)C(=O)NC(C)C1CCC1. The average Bonchev–Trinajstić information content (AvgIpc) is 1.99. The topological polar surface area (TPSA) is 52.9 Å². The van der Waals surface area contributed by atoms with Crippen LogP contribution in [-0.2, 0) is 4.79 Å². The van der Waals surface area contributed by atoms with Crippen molar-refractivity contribution >= 4 is 5.91 Å². The van der Waals surface area contributed by atoms with Crippen LogP contribution in [0.3, 0.4) is 0 Å². The van der Waals surface area contributed by atoms with Gasteiger partial charge >= 0.3 is 0 Å². The Morgan fingerprint density at radius 3 is 2.33 bits per heavy atom. The lowest BCUT2D eigenvalue weighted by Gasteiger charge is -2.32. The van der Waals surface area contributed by atoms with Gasteiger partial charge in [-0.3, -0.25) is 4.79 Å². The van der Waals surface area contributed by atoms with Crippen LogP contribution in [0.2, 0.25) is 0 Å². The van der Waals surface area contributed by atoms with Crippen molar-refractivity contribution in [2.45, 2.75) is 46.1 Å². The zero-order valence-electron chi connectivity index (χ0n) is 9.79. The number of rotatable bonds is 4. The summed E-state index contributed by atoms with van der Waals surface area (Å²) in [5, 5.41) is 11.8. The minimum absolute atomic E-state index is 0.0867. The monoisotopic (exact) mass is 208 g/mol. The molecular formula is C12H20N2O. The van der Waals surface area contributed by atoms with Gasteiger partial charge in [-0.05, 0) is 31.6 Å². The molecule has 1 fully saturated rings. The highest BCUT2D eigenvalue weighted by molar-refractivity contribution is 5.81. The molecule has 3 heteroatoms. The molecule has 2 atom stereocenters. The first kappa shape index (κ1) is 12.0. The summed E-state index contributed by atoms with van der Waals surface area (Å²) in [6, 6.07) is 2.29. The molecule has 15 heavy (non-hydrogen) atoms. The second kappa shape index (κ2) is 5.16. The molecule has 1 N–H and O–H groups in total. The van der Waals surface area contributed by atoms with Gasteiger partial charge in [0, 0.05) is 6.04 Å². The lowest BCUT2D eigenvalue weighted by atomic mass is 9.80. The van der Waals surface area contributed by atoms with Gasteiger partial charge in [-0.2, -0.15) is 5.26 Å². The molecule has 0 aromatic carbocycles. The predicted octanol–water partition coefficient (Wildman–Crippen LogP) is 2.09. The number of hydrogen-bond acceptors (Lipinski definition) is 2. The summed E-state index contributed by atoms with van der Waals surface area (Å²) in [6.07, 6.45) is 3.69.